The second-order valence-corrected chi connectivity index (χ2v) is 31.9. The van der Waals surface area contributed by atoms with Crippen LogP contribution in [0, 0.1) is 0 Å². The number of hydrogen-bond donors (Lipinski definition) is 22. The topological polar surface area (TPSA) is 711 Å². The number of quaternary nitrogens is 6. The molecule has 0 spiro atoms. The summed E-state index contributed by atoms with van der Waals surface area (Å²) in [5.41, 5.74) is 24.1. The molecule has 0 bridgehead atoms. The second-order valence-electron chi connectivity index (χ2n) is 31.9. The molecule has 46 heteroatoms. The van der Waals surface area contributed by atoms with Crippen molar-refractivity contribution in [2.24, 2.45) is 0 Å². The SMILES string of the molecule is C[C@@H]1NC(=O)[C@@H](CCCC[NH3+])NC(=O)[C@H](C)NC(=O)[C@@H](CCCC[NH3+])NC(=O)[C@H](CCCCNC(=O)CCC(=O)NCc2cn(CCOCCOCCn3cc(CNC(=O)CCC(=O)NCCCC[C@@H]4NC(=O)[C@@H](CCCC[NH3+])NC(=O)[C@H](C)NC(=O)[C@@H](CCCC[NH3+])NC(=O)[C@H](C)NC(=O)[C@@H](CCCC[NH3+])NC4=O)nn3)nn2)NC(=O)[C@@H](CCCC[NH3+])NC1=O. The molecule has 4 heterocycles. The maximum absolute atomic E-state index is 14.2. The van der Waals surface area contributed by atoms with Crippen LogP contribution in [-0.4, -0.2) is 276 Å². The van der Waals surface area contributed by atoms with Crippen LogP contribution >= 0.6 is 0 Å². The Hall–Kier alpha value is -10.5. The molecule has 0 saturated carbocycles. The van der Waals surface area contributed by atoms with Crippen LogP contribution in [0.1, 0.15) is 219 Å². The number of rotatable bonds is 53. The Bertz CT molecular complexity index is 3470. The quantitative estimate of drug-likeness (QED) is 0.0274. The number of carbonyl (C=O) groups excluding carboxylic acids is 16. The number of hydrogen-bond acceptors (Lipinski definition) is 22. The first kappa shape index (κ1) is 108. The van der Waals surface area contributed by atoms with Crippen LogP contribution < -0.4 is 119 Å². The summed E-state index contributed by atoms with van der Waals surface area (Å²) in [4.78, 5) is 217. The van der Waals surface area contributed by atoms with E-state index < -0.39 is 167 Å². The van der Waals surface area contributed by atoms with E-state index in [1.165, 1.54) is 27.7 Å². The number of unbranched alkanes of at least 4 members (excludes halogenated alkanes) is 8. The molecular formula is C80H148N28O18+6. The van der Waals surface area contributed by atoms with E-state index in [4.69, 9.17) is 9.47 Å². The van der Waals surface area contributed by atoms with Crippen molar-refractivity contribution >= 4 is 94.5 Å². The lowest BCUT2D eigenvalue weighted by molar-refractivity contribution is -0.368. The minimum atomic E-state index is -1.20. The molecule has 0 unspecified atom stereocenters. The third kappa shape index (κ3) is 44.1. The molecule has 0 aromatic carbocycles. The third-order valence-corrected chi connectivity index (χ3v) is 21.1. The first-order chi connectivity index (χ1) is 60.5. The fourth-order valence-electron chi connectivity index (χ4n) is 13.4. The maximum atomic E-state index is 14.2. The fraction of sp³-hybridized carbons (Fsp3) is 0.750. The minimum absolute atomic E-state index is 0.0542. The largest absolute Gasteiger partial charge is 0.377 e. The van der Waals surface area contributed by atoms with Gasteiger partial charge in [0, 0.05) is 38.8 Å². The van der Waals surface area contributed by atoms with Gasteiger partial charge in [0.2, 0.25) is 94.5 Å². The molecule has 2 aliphatic heterocycles. The van der Waals surface area contributed by atoms with Gasteiger partial charge >= 0.3 is 0 Å². The molecule has 34 N–H and O–H groups in total. The second kappa shape index (κ2) is 62.6. The summed E-state index contributed by atoms with van der Waals surface area (Å²) in [5.74, 6) is -9.44. The summed E-state index contributed by atoms with van der Waals surface area (Å²) >= 11 is 0. The summed E-state index contributed by atoms with van der Waals surface area (Å²) < 4.78 is 14.5. The molecule has 2 saturated heterocycles. The van der Waals surface area contributed by atoms with Gasteiger partial charge in [-0.05, 0) is 182 Å². The van der Waals surface area contributed by atoms with Gasteiger partial charge in [-0.1, -0.05) is 10.4 Å². The van der Waals surface area contributed by atoms with Crippen molar-refractivity contribution in [1.29, 1.82) is 0 Å². The Morgan fingerprint density at radius 1 is 0.294 bits per heavy atom. The molecule has 0 radical (unpaired) electrons. The first-order valence-corrected chi connectivity index (χ1v) is 44.9. The van der Waals surface area contributed by atoms with Crippen LogP contribution in [0.2, 0.25) is 0 Å². The highest BCUT2D eigenvalue weighted by Gasteiger charge is 2.37. The van der Waals surface area contributed by atoms with Gasteiger partial charge in [0.1, 0.15) is 83.9 Å². The van der Waals surface area contributed by atoms with Crippen molar-refractivity contribution in [3.63, 3.8) is 0 Å². The zero-order valence-corrected chi connectivity index (χ0v) is 74.5. The molecule has 2 aromatic rings. The zero-order valence-electron chi connectivity index (χ0n) is 74.5. The van der Waals surface area contributed by atoms with Crippen LogP contribution in [0.25, 0.3) is 0 Å². The van der Waals surface area contributed by atoms with Crippen molar-refractivity contribution in [3.8, 4) is 0 Å². The highest BCUT2D eigenvalue weighted by atomic mass is 16.5. The third-order valence-electron chi connectivity index (χ3n) is 21.1. The van der Waals surface area contributed by atoms with Crippen LogP contribution in [0.5, 0.6) is 0 Å². The lowest BCUT2D eigenvalue weighted by Gasteiger charge is -2.28. The predicted octanol–water partition coefficient (Wildman–Crippen LogP) is -10.6. The molecule has 12 atom stereocenters. The molecule has 126 heavy (non-hydrogen) atoms. The summed E-state index contributed by atoms with van der Waals surface area (Å²) in [6.45, 7) is 11.5. The van der Waals surface area contributed by atoms with E-state index in [9.17, 15) is 76.7 Å². The van der Waals surface area contributed by atoms with Gasteiger partial charge in [-0.2, -0.15) is 0 Å². The normalized spacial score (nSPS) is 21.9. The van der Waals surface area contributed by atoms with Gasteiger partial charge in [0.25, 0.3) is 0 Å². The van der Waals surface area contributed by atoms with E-state index in [1.54, 1.807) is 21.8 Å². The monoisotopic (exact) mass is 1790 g/mol. The van der Waals surface area contributed by atoms with E-state index in [-0.39, 0.29) is 130 Å². The highest BCUT2D eigenvalue weighted by Crippen LogP contribution is 2.14. The standard InChI is InChI=1S/C80H142N28O18/c1-51-69(113)95-57(21-5-13-33-81)73(117)91-53(3)71(115)97-61(25-9-17-37-85)77(121)101-63(79(123)99-59(75(119)93-51)23-7-15-35-83)27-11-19-39-87-65(109)29-31-67(111)89-47-55-49-107(105-103-55)41-43-125-45-46-126-44-42-108-50-56(104-106-108)48-90-68(112)32-30-66(110)88-40-20-12-28-64-80(124)100-60(24-8-16-36-84)76(120)94-52(2)70(114)96-58(22-6-14-34-82)74(118)92-54(4)72(116)98-62(78(122)102-64)26-10-18-38-86/h49-54,57-64H,5-48,81-86H2,1-4H3,(H,87,109)(H,88,110)(H,89,111)(H,90,112)(H,91,117)(H,92,118)(H,93,119)(H,94,120)(H,95,113)(H,96,114)(H,97,115)(H,98,116)(H,99,123)(H,100,124)(H,101,121)(H,102,122)/p+6/t51-,52-,53-,54-,57+,58+,59+,60+,61+,62+,63-,64-/m0/s1. The number of aromatic nitrogens is 6. The lowest BCUT2D eigenvalue weighted by atomic mass is 10.0. The molecule has 46 nitrogen and oxygen atoms in total. The Kier molecular flexibility index (Phi) is 53.6. The van der Waals surface area contributed by atoms with Gasteiger partial charge in [-0.25, -0.2) is 9.36 Å². The number of nitrogens with zero attached hydrogens (tertiary/aromatic N) is 6. The van der Waals surface area contributed by atoms with Crippen molar-refractivity contribution < 1.29 is 121 Å². The van der Waals surface area contributed by atoms with Crippen LogP contribution in [0.15, 0.2) is 12.4 Å². The van der Waals surface area contributed by atoms with E-state index in [1.807, 2.05) is 0 Å². The van der Waals surface area contributed by atoms with Crippen molar-refractivity contribution in [1.82, 2.24) is 115 Å². The number of carbonyl (C=O) groups is 16. The summed E-state index contributed by atoms with van der Waals surface area (Å²) in [7, 11) is 0. The van der Waals surface area contributed by atoms with Gasteiger partial charge in [0.05, 0.1) is 104 Å². The predicted molar refractivity (Wildman–Crippen MR) is 453 cm³/mol. The van der Waals surface area contributed by atoms with Gasteiger partial charge in [-0.3, -0.25) is 76.7 Å². The van der Waals surface area contributed by atoms with Crippen LogP contribution in [0.3, 0.4) is 0 Å². The average Bonchev–Trinajstić information content (AvgIpc) is 1.03. The summed E-state index contributed by atoms with van der Waals surface area (Å²) in [6, 6.07) is -13.5. The number of nitrogens with one attached hydrogen (secondary N) is 16. The molecule has 0 aliphatic carbocycles. The summed E-state index contributed by atoms with van der Waals surface area (Å²) in [5, 5.41) is 60.1. The number of ether oxygens (including phenoxy) is 2. The molecule has 710 valence electrons. The average molecular weight is 1790 g/mol. The van der Waals surface area contributed by atoms with Crippen molar-refractivity contribution in [3.05, 3.63) is 23.8 Å². The maximum Gasteiger partial charge on any atom is 0.243 e. The van der Waals surface area contributed by atoms with Crippen molar-refractivity contribution in [2.45, 2.75) is 306 Å². The first-order valence-electron chi connectivity index (χ1n) is 44.9. The molecule has 4 rings (SSSR count). The molecule has 2 fully saturated rings. The Morgan fingerprint density at radius 3 is 0.730 bits per heavy atom. The molecule has 16 amide bonds. The van der Waals surface area contributed by atoms with E-state index in [2.05, 4.69) is 140 Å². The van der Waals surface area contributed by atoms with Crippen LogP contribution in [-0.2, 0) is 112 Å². The summed E-state index contributed by atoms with van der Waals surface area (Å²) in [6.07, 6.45) is 12.4. The lowest BCUT2D eigenvalue weighted by Crippen LogP contribution is -2.61. The minimum Gasteiger partial charge on any atom is -0.377 e. The zero-order chi connectivity index (χ0) is 92.6. The molecule has 2 aromatic heterocycles. The van der Waals surface area contributed by atoms with Crippen LogP contribution in [0.4, 0.5) is 0 Å². The van der Waals surface area contributed by atoms with E-state index in [0.717, 1.165) is 0 Å². The van der Waals surface area contributed by atoms with E-state index in [0.29, 0.717) is 166 Å². The van der Waals surface area contributed by atoms with Gasteiger partial charge in [-0.15, -0.1) is 10.2 Å². The van der Waals surface area contributed by atoms with E-state index >= 15 is 0 Å². The smallest absolute Gasteiger partial charge is 0.243 e. The number of amides is 16. The fourth-order valence-corrected chi connectivity index (χ4v) is 13.4. The Morgan fingerprint density at radius 2 is 0.500 bits per heavy atom. The molecular weight excluding hydrogens is 1640 g/mol. The van der Waals surface area contributed by atoms with Gasteiger partial charge < -0.3 is 129 Å². The van der Waals surface area contributed by atoms with Gasteiger partial charge in [0.15, 0.2) is 0 Å². The Balaban J connectivity index is 1.15. The molecule has 2 aliphatic rings. The Labute approximate surface area is 735 Å². The highest BCUT2D eigenvalue weighted by molar-refractivity contribution is 6.00. The van der Waals surface area contributed by atoms with Crippen molar-refractivity contribution in [2.75, 3.05) is 78.8 Å².